The zero-order valence-corrected chi connectivity index (χ0v) is 10.4. The van der Waals surface area contributed by atoms with E-state index in [1.807, 2.05) is 6.92 Å². The molecule has 1 rings (SSSR count). The Morgan fingerprint density at radius 1 is 1.44 bits per heavy atom. The molecule has 0 aromatic heterocycles. The zero-order valence-electron chi connectivity index (χ0n) is 10.4. The molecule has 1 fully saturated rings. The smallest absolute Gasteiger partial charge is 0.240 e. The first kappa shape index (κ1) is 13.5. The van der Waals surface area contributed by atoms with Gasteiger partial charge in [0.1, 0.15) is 0 Å². The summed E-state index contributed by atoms with van der Waals surface area (Å²) >= 11 is 0. The second-order valence-electron chi connectivity index (χ2n) is 4.87. The van der Waals surface area contributed by atoms with E-state index >= 15 is 0 Å². The van der Waals surface area contributed by atoms with Crippen molar-refractivity contribution in [3.05, 3.63) is 0 Å². The van der Waals surface area contributed by atoms with Crippen molar-refractivity contribution in [1.29, 1.82) is 0 Å². The molecule has 1 unspecified atom stereocenters. The second-order valence-corrected chi connectivity index (χ2v) is 4.87. The number of carbonyl (C=O) groups is 1. The van der Waals surface area contributed by atoms with E-state index in [1.54, 1.807) is 7.11 Å². The number of carbonyl (C=O) groups excluding carboxylic acids is 1. The molecule has 4 nitrogen and oxygen atoms in total. The van der Waals surface area contributed by atoms with Crippen LogP contribution in [-0.4, -0.2) is 31.2 Å². The molecular formula is C12H24N2O2. The molecule has 0 aromatic rings. The topological polar surface area (TPSA) is 64.3 Å². The zero-order chi connectivity index (χ0) is 12.0. The highest BCUT2D eigenvalue weighted by molar-refractivity contribution is 5.86. The molecule has 16 heavy (non-hydrogen) atoms. The summed E-state index contributed by atoms with van der Waals surface area (Å²) in [5.74, 6) is 0.0100. The molecule has 0 heterocycles. The molecule has 94 valence electrons. The maximum Gasteiger partial charge on any atom is 0.240 e. The fraction of sp³-hybridized carbons (Fsp3) is 0.917. The minimum absolute atomic E-state index is 0.0100. The molecule has 1 atom stereocenters. The van der Waals surface area contributed by atoms with Crippen LogP contribution in [0.3, 0.4) is 0 Å². The van der Waals surface area contributed by atoms with Crippen molar-refractivity contribution in [2.24, 2.45) is 5.73 Å². The van der Waals surface area contributed by atoms with E-state index in [4.69, 9.17) is 10.5 Å². The van der Waals surface area contributed by atoms with Gasteiger partial charge in [0.2, 0.25) is 5.91 Å². The summed E-state index contributed by atoms with van der Waals surface area (Å²) in [5, 5.41) is 2.98. The maximum atomic E-state index is 12.0. The SMILES string of the molecule is COCCC(C)NC(=O)C1(N)CCCCC1. The van der Waals surface area contributed by atoms with Crippen LogP contribution in [-0.2, 0) is 9.53 Å². The highest BCUT2D eigenvalue weighted by Crippen LogP contribution is 2.26. The van der Waals surface area contributed by atoms with Crippen LogP contribution in [0.5, 0.6) is 0 Å². The number of rotatable bonds is 5. The lowest BCUT2D eigenvalue weighted by molar-refractivity contribution is -0.128. The van der Waals surface area contributed by atoms with Crippen molar-refractivity contribution >= 4 is 5.91 Å². The predicted molar refractivity (Wildman–Crippen MR) is 64.1 cm³/mol. The molecule has 0 radical (unpaired) electrons. The van der Waals surface area contributed by atoms with Crippen LogP contribution in [0.2, 0.25) is 0 Å². The predicted octanol–water partition coefficient (Wildman–Crippen LogP) is 1.19. The number of ether oxygens (including phenoxy) is 1. The highest BCUT2D eigenvalue weighted by Gasteiger charge is 2.35. The normalized spacial score (nSPS) is 21.4. The average molecular weight is 228 g/mol. The average Bonchev–Trinajstić information content (AvgIpc) is 2.27. The monoisotopic (exact) mass is 228 g/mol. The fourth-order valence-corrected chi connectivity index (χ4v) is 2.14. The van der Waals surface area contributed by atoms with E-state index in [2.05, 4.69) is 5.32 Å². The first-order valence-corrected chi connectivity index (χ1v) is 6.17. The molecule has 1 amide bonds. The lowest BCUT2D eigenvalue weighted by Gasteiger charge is -2.33. The van der Waals surface area contributed by atoms with Crippen LogP contribution in [0, 0.1) is 0 Å². The van der Waals surface area contributed by atoms with Gasteiger partial charge in [0.05, 0.1) is 5.54 Å². The third-order valence-corrected chi connectivity index (χ3v) is 3.33. The lowest BCUT2D eigenvalue weighted by Crippen LogP contribution is -2.56. The van der Waals surface area contributed by atoms with Crippen LogP contribution in [0.4, 0.5) is 0 Å². The van der Waals surface area contributed by atoms with Crippen molar-refractivity contribution in [2.45, 2.75) is 57.0 Å². The number of hydrogen-bond acceptors (Lipinski definition) is 3. The van der Waals surface area contributed by atoms with E-state index in [0.717, 1.165) is 32.1 Å². The molecule has 0 bridgehead atoms. The molecular weight excluding hydrogens is 204 g/mol. The minimum atomic E-state index is -0.625. The van der Waals surface area contributed by atoms with Crippen LogP contribution >= 0.6 is 0 Å². The molecule has 1 saturated carbocycles. The Balaban J connectivity index is 2.38. The largest absolute Gasteiger partial charge is 0.385 e. The van der Waals surface area contributed by atoms with Gasteiger partial charge in [-0.05, 0) is 26.2 Å². The van der Waals surface area contributed by atoms with Gasteiger partial charge in [0.25, 0.3) is 0 Å². The summed E-state index contributed by atoms with van der Waals surface area (Å²) in [4.78, 5) is 12.0. The van der Waals surface area contributed by atoms with Gasteiger partial charge in [-0.25, -0.2) is 0 Å². The van der Waals surface area contributed by atoms with Crippen molar-refractivity contribution in [1.82, 2.24) is 5.32 Å². The second kappa shape index (κ2) is 6.21. The minimum Gasteiger partial charge on any atom is -0.385 e. The number of methoxy groups -OCH3 is 1. The third kappa shape index (κ3) is 3.76. The molecule has 3 N–H and O–H groups in total. The van der Waals surface area contributed by atoms with Crippen LogP contribution in [0.25, 0.3) is 0 Å². The van der Waals surface area contributed by atoms with Gasteiger partial charge in [-0.15, -0.1) is 0 Å². The molecule has 1 aliphatic carbocycles. The summed E-state index contributed by atoms with van der Waals surface area (Å²) in [6, 6.07) is 0.134. The Kier molecular flexibility index (Phi) is 5.22. The molecule has 0 aromatic carbocycles. The van der Waals surface area contributed by atoms with E-state index in [-0.39, 0.29) is 11.9 Å². The Labute approximate surface area is 97.9 Å². The highest BCUT2D eigenvalue weighted by atomic mass is 16.5. The van der Waals surface area contributed by atoms with Crippen LogP contribution < -0.4 is 11.1 Å². The molecule has 4 heteroatoms. The van der Waals surface area contributed by atoms with Gasteiger partial charge >= 0.3 is 0 Å². The summed E-state index contributed by atoms with van der Waals surface area (Å²) in [7, 11) is 1.67. The van der Waals surface area contributed by atoms with Crippen LogP contribution in [0.15, 0.2) is 0 Å². The van der Waals surface area contributed by atoms with Gasteiger partial charge in [-0.2, -0.15) is 0 Å². The summed E-state index contributed by atoms with van der Waals surface area (Å²) < 4.78 is 4.98. The van der Waals surface area contributed by atoms with Gasteiger partial charge in [0, 0.05) is 19.8 Å². The van der Waals surface area contributed by atoms with Gasteiger partial charge in [0.15, 0.2) is 0 Å². The Morgan fingerprint density at radius 2 is 2.06 bits per heavy atom. The van der Waals surface area contributed by atoms with Crippen molar-refractivity contribution in [3.8, 4) is 0 Å². The molecule has 0 spiro atoms. The summed E-state index contributed by atoms with van der Waals surface area (Å²) in [5.41, 5.74) is 5.51. The standard InChI is InChI=1S/C12H24N2O2/c1-10(6-9-16-2)14-11(15)12(13)7-4-3-5-8-12/h10H,3-9,13H2,1-2H3,(H,14,15). The lowest BCUT2D eigenvalue weighted by atomic mass is 9.82. The quantitative estimate of drug-likeness (QED) is 0.743. The number of hydrogen-bond donors (Lipinski definition) is 2. The van der Waals surface area contributed by atoms with E-state index < -0.39 is 5.54 Å². The third-order valence-electron chi connectivity index (χ3n) is 3.33. The van der Waals surface area contributed by atoms with E-state index in [9.17, 15) is 4.79 Å². The molecule has 0 aliphatic heterocycles. The van der Waals surface area contributed by atoms with Crippen LogP contribution in [0.1, 0.15) is 45.4 Å². The summed E-state index contributed by atoms with van der Waals surface area (Å²) in [6.45, 7) is 2.65. The van der Waals surface area contributed by atoms with Gasteiger partial charge in [-0.1, -0.05) is 19.3 Å². The van der Waals surface area contributed by atoms with Crippen molar-refractivity contribution < 1.29 is 9.53 Å². The Morgan fingerprint density at radius 3 is 2.62 bits per heavy atom. The fourth-order valence-electron chi connectivity index (χ4n) is 2.14. The van der Waals surface area contributed by atoms with Gasteiger partial charge in [-0.3, -0.25) is 4.79 Å². The van der Waals surface area contributed by atoms with E-state index in [0.29, 0.717) is 6.61 Å². The van der Waals surface area contributed by atoms with Crippen molar-refractivity contribution in [3.63, 3.8) is 0 Å². The number of nitrogens with two attached hydrogens (primary N) is 1. The first-order chi connectivity index (χ1) is 7.58. The Hall–Kier alpha value is -0.610. The van der Waals surface area contributed by atoms with Crippen molar-refractivity contribution in [2.75, 3.05) is 13.7 Å². The molecule has 0 saturated heterocycles. The van der Waals surface area contributed by atoms with Gasteiger partial charge < -0.3 is 15.8 Å². The maximum absolute atomic E-state index is 12.0. The first-order valence-electron chi connectivity index (χ1n) is 6.17. The summed E-state index contributed by atoms with van der Waals surface area (Å²) in [6.07, 6.45) is 5.79. The number of amides is 1. The molecule has 1 aliphatic rings. The number of nitrogens with one attached hydrogen (secondary N) is 1. The Bertz CT molecular complexity index is 225. The van der Waals surface area contributed by atoms with E-state index in [1.165, 1.54) is 6.42 Å².